The zero-order valence-corrected chi connectivity index (χ0v) is 20.1. The molecular formula is C26H29BrO5. The third kappa shape index (κ3) is 3.91. The van der Waals surface area contributed by atoms with Crippen LogP contribution >= 0.6 is 15.9 Å². The van der Waals surface area contributed by atoms with Crippen molar-refractivity contribution in [3.05, 3.63) is 44.8 Å². The normalized spacial score (nSPS) is 22.1. The Bertz CT molecular complexity index is 973. The number of halogens is 1. The molecule has 1 fully saturated rings. The van der Waals surface area contributed by atoms with Crippen LogP contribution in [0, 0.1) is 0 Å². The molecule has 6 heteroatoms. The number of ketones is 2. The Hall–Kier alpha value is -2.08. The van der Waals surface area contributed by atoms with Gasteiger partial charge < -0.3 is 14.2 Å². The summed E-state index contributed by atoms with van der Waals surface area (Å²) in [4.78, 5) is 26.1. The zero-order valence-electron chi connectivity index (χ0n) is 18.5. The molecule has 170 valence electrons. The van der Waals surface area contributed by atoms with E-state index in [1.54, 1.807) is 0 Å². The molecule has 1 saturated carbocycles. The number of allylic oxidation sites excluding steroid dienone is 4. The second-order valence-corrected chi connectivity index (χ2v) is 9.90. The maximum atomic E-state index is 13.0. The minimum atomic E-state index is -0.398. The minimum absolute atomic E-state index is 0.0848. The quantitative estimate of drug-likeness (QED) is 0.474. The van der Waals surface area contributed by atoms with Crippen LogP contribution in [0.1, 0.15) is 82.6 Å². The first-order valence-corrected chi connectivity index (χ1v) is 12.7. The van der Waals surface area contributed by atoms with Gasteiger partial charge in [0.2, 0.25) is 0 Å². The van der Waals surface area contributed by atoms with Crippen LogP contribution in [0.5, 0.6) is 11.5 Å². The Morgan fingerprint density at radius 3 is 2.16 bits per heavy atom. The standard InChI is InChI=1S/C26H29BrO5/c1-2-30-22-14-15(13-17(27)26(22)31-16-7-3-4-8-16)23-24-18(28)9-5-11-20(24)32-21-12-6-10-19(29)25(21)23/h13-14,16,23H,2-12H2,1H3. The van der Waals surface area contributed by atoms with Crippen molar-refractivity contribution < 1.29 is 23.8 Å². The van der Waals surface area contributed by atoms with E-state index in [1.807, 2.05) is 19.1 Å². The van der Waals surface area contributed by atoms with Crippen LogP contribution < -0.4 is 9.47 Å². The van der Waals surface area contributed by atoms with Crippen LogP contribution in [0.3, 0.4) is 0 Å². The van der Waals surface area contributed by atoms with Crippen LogP contribution in [0.25, 0.3) is 0 Å². The summed E-state index contributed by atoms with van der Waals surface area (Å²) in [7, 11) is 0. The lowest BCUT2D eigenvalue weighted by Gasteiger charge is -2.36. The summed E-state index contributed by atoms with van der Waals surface area (Å²) in [5, 5.41) is 0. The van der Waals surface area contributed by atoms with E-state index in [0.717, 1.165) is 60.1 Å². The second-order valence-electron chi connectivity index (χ2n) is 9.05. The molecule has 4 aliphatic rings. The molecule has 32 heavy (non-hydrogen) atoms. The second kappa shape index (κ2) is 9.05. The Balaban J connectivity index is 1.62. The van der Waals surface area contributed by atoms with Gasteiger partial charge >= 0.3 is 0 Å². The molecule has 5 rings (SSSR count). The van der Waals surface area contributed by atoms with Gasteiger partial charge in [0.15, 0.2) is 23.1 Å². The third-order valence-corrected chi connectivity index (χ3v) is 7.48. The monoisotopic (exact) mass is 500 g/mol. The van der Waals surface area contributed by atoms with Crippen molar-refractivity contribution in [2.24, 2.45) is 0 Å². The average molecular weight is 501 g/mol. The van der Waals surface area contributed by atoms with E-state index >= 15 is 0 Å². The van der Waals surface area contributed by atoms with Gasteiger partial charge in [-0.15, -0.1) is 0 Å². The van der Waals surface area contributed by atoms with Crippen LogP contribution in [-0.4, -0.2) is 24.3 Å². The molecule has 5 nitrogen and oxygen atoms in total. The third-order valence-electron chi connectivity index (χ3n) is 6.89. The lowest BCUT2D eigenvalue weighted by atomic mass is 9.73. The number of carbonyl (C=O) groups is 2. The highest BCUT2D eigenvalue weighted by atomic mass is 79.9. The Kier molecular flexibility index (Phi) is 6.15. The summed E-state index contributed by atoms with van der Waals surface area (Å²) in [5.74, 6) is 2.64. The number of hydrogen-bond donors (Lipinski definition) is 0. The highest BCUT2D eigenvalue weighted by Crippen LogP contribution is 2.50. The van der Waals surface area contributed by atoms with Gasteiger partial charge in [0, 0.05) is 42.7 Å². The molecule has 1 aromatic rings. The molecule has 0 saturated heterocycles. The molecule has 0 bridgehead atoms. The van der Waals surface area contributed by atoms with E-state index in [1.165, 1.54) is 12.8 Å². The smallest absolute Gasteiger partial charge is 0.175 e. The van der Waals surface area contributed by atoms with Crippen LogP contribution in [0.2, 0.25) is 0 Å². The van der Waals surface area contributed by atoms with E-state index in [0.29, 0.717) is 42.1 Å². The largest absolute Gasteiger partial charge is 0.490 e. The summed E-state index contributed by atoms with van der Waals surface area (Å²) in [6.07, 6.45) is 8.74. The Labute approximate surface area is 197 Å². The van der Waals surface area contributed by atoms with Gasteiger partial charge in [-0.3, -0.25) is 9.59 Å². The predicted octanol–water partition coefficient (Wildman–Crippen LogP) is 6.30. The molecule has 3 aliphatic carbocycles. The molecule has 0 spiro atoms. The van der Waals surface area contributed by atoms with E-state index in [2.05, 4.69) is 15.9 Å². The molecule has 0 N–H and O–H groups in total. The van der Waals surface area contributed by atoms with Crippen LogP contribution in [0.15, 0.2) is 39.3 Å². The molecule has 0 radical (unpaired) electrons. The molecule has 1 heterocycles. The molecule has 0 unspecified atom stereocenters. The Morgan fingerprint density at radius 1 is 0.938 bits per heavy atom. The van der Waals surface area contributed by atoms with Crippen molar-refractivity contribution in [2.45, 2.75) is 83.2 Å². The van der Waals surface area contributed by atoms with Gasteiger partial charge in [0.05, 0.1) is 17.2 Å². The summed E-state index contributed by atoms with van der Waals surface area (Å²) in [5.41, 5.74) is 2.20. The predicted molar refractivity (Wildman–Crippen MR) is 124 cm³/mol. The number of Topliss-reactive ketones (excluding diaryl/α,β-unsaturated/α-hetero) is 2. The number of ether oxygens (including phenoxy) is 3. The summed E-state index contributed by atoms with van der Waals surface area (Å²) in [6.45, 7) is 2.45. The van der Waals surface area contributed by atoms with Crippen LogP contribution in [0.4, 0.5) is 0 Å². The molecule has 0 aromatic heterocycles. The van der Waals surface area contributed by atoms with Gasteiger partial charge in [0.1, 0.15) is 11.5 Å². The fourth-order valence-corrected chi connectivity index (χ4v) is 6.01. The van der Waals surface area contributed by atoms with Gasteiger partial charge in [-0.1, -0.05) is 0 Å². The summed E-state index contributed by atoms with van der Waals surface area (Å²) >= 11 is 3.71. The van der Waals surface area contributed by atoms with Crippen molar-refractivity contribution in [3.8, 4) is 11.5 Å². The molecule has 0 atom stereocenters. The van der Waals surface area contributed by atoms with Crippen molar-refractivity contribution >= 4 is 27.5 Å². The zero-order chi connectivity index (χ0) is 22.2. The molecule has 0 amide bonds. The highest BCUT2D eigenvalue weighted by molar-refractivity contribution is 9.10. The van der Waals surface area contributed by atoms with E-state index in [4.69, 9.17) is 14.2 Å². The fourth-order valence-electron chi connectivity index (χ4n) is 5.46. The first-order valence-electron chi connectivity index (χ1n) is 11.9. The molecular weight excluding hydrogens is 472 g/mol. The Morgan fingerprint density at radius 2 is 1.56 bits per heavy atom. The number of carbonyl (C=O) groups excluding carboxylic acids is 2. The van der Waals surface area contributed by atoms with Gasteiger partial charge in [-0.05, 0) is 79.1 Å². The van der Waals surface area contributed by atoms with Crippen molar-refractivity contribution in [3.63, 3.8) is 0 Å². The van der Waals surface area contributed by atoms with E-state index in [9.17, 15) is 9.59 Å². The summed E-state index contributed by atoms with van der Waals surface area (Å²) < 4.78 is 19.3. The number of benzene rings is 1. The maximum absolute atomic E-state index is 13.0. The lowest BCUT2D eigenvalue weighted by molar-refractivity contribution is -0.117. The lowest BCUT2D eigenvalue weighted by Crippen LogP contribution is -2.30. The van der Waals surface area contributed by atoms with Gasteiger partial charge in [-0.2, -0.15) is 0 Å². The number of hydrogen-bond acceptors (Lipinski definition) is 5. The van der Waals surface area contributed by atoms with Crippen LogP contribution in [-0.2, 0) is 14.3 Å². The first-order chi connectivity index (χ1) is 15.6. The van der Waals surface area contributed by atoms with Gasteiger partial charge in [-0.25, -0.2) is 0 Å². The fraction of sp³-hybridized carbons (Fsp3) is 0.538. The molecule has 1 aliphatic heterocycles. The highest BCUT2D eigenvalue weighted by Gasteiger charge is 2.42. The summed E-state index contributed by atoms with van der Waals surface area (Å²) in [6, 6.07) is 3.97. The van der Waals surface area contributed by atoms with Gasteiger partial charge in [0.25, 0.3) is 0 Å². The first kappa shape index (κ1) is 21.7. The molecule has 1 aromatic carbocycles. The van der Waals surface area contributed by atoms with E-state index in [-0.39, 0.29) is 17.7 Å². The minimum Gasteiger partial charge on any atom is -0.490 e. The van der Waals surface area contributed by atoms with Crippen molar-refractivity contribution in [1.82, 2.24) is 0 Å². The van der Waals surface area contributed by atoms with Crippen molar-refractivity contribution in [2.75, 3.05) is 6.61 Å². The SMILES string of the molecule is CCOc1cc(C2C3=C(CCCC3=O)OC3=C2C(=O)CCC3)cc(Br)c1OC1CCCC1. The van der Waals surface area contributed by atoms with E-state index < -0.39 is 5.92 Å². The average Bonchev–Trinajstić information content (AvgIpc) is 3.28. The topological polar surface area (TPSA) is 61.8 Å². The van der Waals surface area contributed by atoms with Crippen molar-refractivity contribution in [1.29, 1.82) is 0 Å². The number of rotatable bonds is 5. The maximum Gasteiger partial charge on any atom is 0.175 e.